The van der Waals surface area contributed by atoms with E-state index in [-0.39, 0.29) is 5.78 Å². The van der Waals surface area contributed by atoms with Crippen LogP contribution in [-0.4, -0.2) is 30.3 Å². The van der Waals surface area contributed by atoms with Gasteiger partial charge >= 0.3 is 0 Å². The maximum atomic E-state index is 12.3. The van der Waals surface area contributed by atoms with Crippen molar-refractivity contribution >= 4 is 5.78 Å². The van der Waals surface area contributed by atoms with E-state index >= 15 is 0 Å². The van der Waals surface area contributed by atoms with Crippen molar-refractivity contribution in [2.24, 2.45) is 5.92 Å². The zero-order chi connectivity index (χ0) is 14.4. The predicted octanol–water partition coefficient (Wildman–Crippen LogP) is 3.94. The Balaban J connectivity index is 1.85. The van der Waals surface area contributed by atoms with Gasteiger partial charge in [0.2, 0.25) is 0 Å². The van der Waals surface area contributed by atoms with Crippen LogP contribution < -0.4 is 0 Å². The van der Waals surface area contributed by atoms with Gasteiger partial charge in [0, 0.05) is 12.1 Å². The molecule has 1 heterocycles. The van der Waals surface area contributed by atoms with Crippen LogP contribution in [0.25, 0.3) is 0 Å². The van der Waals surface area contributed by atoms with E-state index < -0.39 is 0 Å². The van der Waals surface area contributed by atoms with Gasteiger partial charge in [-0.2, -0.15) is 0 Å². The molecule has 1 atom stereocenters. The number of nitrogens with zero attached hydrogens (tertiary/aromatic N) is 1. The van der Waals surface area contributed by atoms with Crippen LogP contribution in [-0.2, 0) is 6.42 Å². The molecule has 2 nitrogen and oxygen atoms in total. The monoisotopic (exact) mass is 273 g/mol. The average Bonchev–Trinajstić information content (AvgIpc) is 2.88. The van der Waals surface area contributed by atoms with Crippen LogP contribution in [0.5, 0.6) is 0 Å². The number of carbonyl (C=O) groups is 1. The van der Waals surface area contributed by atoms with Gasteiger partial charge in [0.15, 0.2) is 5.78 Å². The molecule has 20 heavy (non-hydrogen) atoms. The zero-order valence-corrected chi connectivity index (χ0v) is 12.9. The van der Waals surface area contributed by atoms with Crippen LogP contribution in [0, 0.1) is 5.92 Å². The molecular weight excluding hydrogens is 246 g/mol. The molecule has 1 unspecified atom stereocenters. The van der Waals surface area contributed by atoms with E-state index in [4.69, 9.17) is 0 Å². The van der Waals surface area contributed by atoms with E-state index in [1.807, 2.05) is 12.1 Å². The molecule has 0 aliphatic carbocycles. The summed E-state index contributed by atoms with van der Waals surface area (Å²) in [7, 11) is 0. The van der Waals surface area contributed by atoms with Gasteiger partial charge in [-0.15, -0.1) is 0 Å². The first kappa shape index (κ1) is 15.2. The minimum atomic E-state index is 0.269. The number of ketones is 1. The van der Waals surface area contributed by atoms with Crippen molar-refractivity contribution in [1.29, 1.82) is 0 Å². The summed E-state index contributed by atoms with van der Waals surface area (Å²) in [5.74, 6) is 1.07. The second-order valence-electron chi connectivity index (χ2n) is 6.05. The molecule has 0 N–H and O–H groups in total. The number of likely N-dealkylation sites (tertiary alicyclic amines) is 1. The molecule has 1 aromatic rings. The normalized spacial score (nSPS) is 19.4. The Hall–Kier alpha value is -1.15. The number of rotatable bonds is 7. The van der Waals surface area contributed by atoms with Gasteiger partial charge in [-0.1, -0.05) is 51.0 Å². The summed E-state index contributed by atoms with van der Waals surface area (Å²) in [6, 6.07) is 8.18. The molecule has 0 bridgehead atoms. The molecule has 1 aliphatic heterocycles. The van der Waals surface area contributed by atoms with E-state index in [1.54, 1.807) is 0 Å². The summed E-state index contributed by atoms with van der Waals surface area (Å²) < 4.78 is 0. The highest BCUT2D eigenvalue weighted by molar-refractivity contribution is 5.97. The molecule has 1 saturated heterocycles. The van der Waals surface area contributed by atoms with Gasteiger partial charge in [-0.3, -0.25) is 9.69 Å². The van der Waals surface area contributed by atoms with Crippen molar-refractivity contribution in [2.45, 2.75) is 46.0 Å². The Morgan fingerprint density at radius 3 is 2.60 bits per heavy atom. The number of carbonyl (C=O) groups excluding carboxylic acids is 1. The maximum Gasteiger partial charge on any atom is 0.176 e. The van der Waals surface area contributed by atoms with Gasteiger partial charge in [0.05, 0.1) is 6.54 Å². The molecule has 0 saturated carbocycles. The Morgan fingerprint density at radius 1 is 1.20 bits per heavy atom. The summed E-state index contributed by atoms with van der Waals surface area (Å²) >= 11 is 0. The third-order valence-electron chi connectivity index (χ3n) is 4.25. The smallest absolute Gasteiger partial charge is 0.176 e. The van der Waals surface area contributed by atoms with E-state index in [0.29, 0.717) is 6.54 Å². The minimum Gasteiger partial charge on any atom is -0.296 e. The van der Waals surface area contributed by atoms with E-state index in [2.05, 4.69) is 30.9 Å². The summed E-state index contributed by atoms with van der Waals surface area (Å²) in [6.45, 7) is 7.20. The molecule has 0 radical (unpaired) electrons. The predicted molar refractivity (Wildman–Crippen MR) is 84.2 cm³/mol. The third-order valence-corrected chi connectivity index (χ3v) is 4.25. The van der Waals surface area contributed by atoms with Crippen LogP contribution in [0.1, 0.15) is 55.5 Å². The standard InChI is InChI=1S/C18H27NO/c1-3-5-15-7-9-17(10-8-15)18(20)14-19-12-11-16(13-19)6-4-2/h7-10,16H,3-6,11-14H2,1-2H3. The lowest BCUT2D eigenvalue weighted by Crippen LogP contribution is -2.27. The van der Waals surface area contributed by atoms with Crippen LogP contribution in [0.2, 0.25) is 0 Å². The van der Waals surface area contributed by atoms with Crippen LogP contribution in [0.15, 0.2) is 24.3 Å². The number of benzene rings is 1. The summed E-state index contributed by atoms with van der Waals surface area (Å²) in [6.07, 6.45) is 6.07. The van der Waals surface area contributed by atoms with E-state index in [0.717, 1.165) is 37.4 Å². The van der Waals surface area contributed by atoms with Crippen molar-refractivity contribution < 1.29 is 4.79 Å². The van der Waals surface area contributed by atoms with Gasteiger partial charge in [0.25, 0.3) is 0 Å². The van der Waals surface area contributed by atoms with Gasteiger partial charge in [0.1, 0.15) is 0 Å². The Kier molecular flexibility index (Phi) is 5.78. The first-order valence-corrected chi connectivity index (χ1v) is 8.07. The molecule has 2 rings (SSSR count). The zero-order valence-electron chi connectivity index (χ0n) is 12.9. The summed E-state index contributed by atoms with van der Waals surface area (Å²) in [5, 5.41) is 0. The van der Waals surface area contributed by atoms with Crippen molar-refractivity contribution in [3.05, 3.63) is 35.4 Å². The molecule has 0 spiro atoms. The van der Waals surface area contributed by atoms with Gasteiger partial charge in [-0.25, -0.2) is 0 Å². The van der Waals surface area contributed by atoms with Gasteiger partial charge < -0.3 is 0 Å². The Labute approximate surface area is 123 Å². The molecule has 0 amide bonds. The highest BCUT2D eigenvalue weighted by Gasteiger charge is 2.23. The Bertz CT molecular complexity index is 424. The van der Waals surface area contributed by atoms with Crippen LogP contribution in [0.3, 0.4) is 0 Å². The fourth-order valence-corrected chi connectivity index (χ4v) is 3.14. The summed E-state index contributed by atoms with van der Waals surface area (Å²) in [4.78, 5) is 14.6. The average molecular weight is 273 g/mol. The number of aryl methyl sites for hydroxylation is 1. The van der Waals surface area contributed by atoms with Crippen molar-refractivity contribution in [2.75, 3.05) is 19.6 Å². The highest BCUT2D eigenvalue weighted by Crippen LogP contribution is 2.21. The highest BCUT2D eigenvalue weighted by atomic mass is 16.1. The SMILES string of the molecule is CCCc1ccc(C(=O)CN2CCC(CCC)C2)cc1. The molecule has 1 aromatic carbocycles. The molecule has 1 fully saturated rings. The number of hydrogen-bond donors (Lipinski definition) is 0. The summed E-state index contributed by atoms with van der Waals surface area (Å²) in [5.41, 5.74) is 2.19. The molecule has 0 aromatic heterocycles. The maximum absolute atomic E-state index is 12.3. The molecule has 110 valence electrons. The fourth-order valence-electron chi connectivity index (χ4n) is 3.14. The largest absolute Gasteiger partial charge is 0.296 e. The second kappa shape index (κ2) is 7.58. The van der Waals surface area contributed by atoms with Crippen LogP contribution in [0.4, 0.5) is 0 Å². The van der Waals surface area contributed by atoms with Gasteiger partial charge in [-0.05, 0) is 37.3 Å². The van der Waals surface area contributed by atoms with E-state index in [9.17, 15) is 4.79 Å². The third kappa shape index (κ3) is 4.17. The molecular formula is C18H27NO. The van der Waals surface area contributed by atoms with Crippen molar-refractivity contribution in [3.8, 4) is 0 Å². The minimum absolute atomic E-state index is 0.269. The Morgan fingerprint density at radius 2 is 1.95 bits per heavy atom. The lowest BCUT2D eigenvalue weighted by atomic mass is 10.0. The molecule has 1 aliphatic rings. The lowest BCUT2D eigenvalue weighted by molar-refractivity contribution is 0.0943. The first-order valence-electron chi connectivity index (χ1n) is 8.07. The first-order chi connectivity index (χ1) is 9.72. The van der Waals surface area contributed by atoms with Crippen molar-refractivity contribution in [3.63, 3.8) is 0 Å². The lowest BCUT2D eigenvalue weighted by Gasteiger charge is -2.15. The number of hydrogen-bond acceptors (Lipinski definition) is 2. The second-order valence-corrected chi connectivity index (χ2v) is 6.05. The van der Waals surface area contributed by atoms with Crippen LogP contribution >= 0.6 is 0 Å². The van der Waals surface area contributed by atoms with Crippen molar-refractivity contribution in [1.82, 2.24) is 4.90 Å². The quantitative estimate of drug-likeness (QED) is 0.701. The van der Waals surface area contributed by atoms with E-state index in [1.165, 1.54) is 24.8 Å². The fraction of sp³-hybridized carbons (Fsp3) is 0.611. The molecule has 2 heteroatoms. The topological polar surface area (TPSA) is 20.3 Å². The number of Topliss-reactive ketones (excluding diaryl/α,β-unsaturated/α-hetero) is 1.